The van der Waals surface area contributed by atoms with Gasteiger partial charge in [0.2, 0.25) is 10.0 Å². The van der Waals surface area contributed by atoms with Crippen LogP contribution in [0.2, 0.25) is 0 Å². The number of hydrogen-bond acceptors (Lipinski definition) is 5. The van der Waals surface area contributed by atoms with Crippen LogP contribution in [0.5, 0.6) is 0 Å². The molecule has 2 aromatic rings. The quantitative estimate of drug-likeness (QED) is 0.784. The lowest BCUT2D eigenvalue weighted by Crippen LogP contribution is -2.39. The van der Waals surface area contributed by atoms with Gasteiger partial charge in [0.25, 0.3) is 0 Å². The second-order valence-electron chi connectivity index (χ2n) is 6.20. The van der Waals surface area contributed by atoms with Crippen molar-refractivity contribution in [3.05, 3.63) is 35.9 Å². The van der Waals surface area contributed by atoms with Crippen LogP contribution in [0.1, 0.15) is 30.6 Å². The number of fused-ring (bicyclic) bond motifs is 1. The highest BCUT2D eigenvalue weighted by Crippen LogP contribution is 2.24. The Kier molecular flexibility index (Phi) is 5.02. The van der Waals surface area contributed by atoms with Gasteiger partial charge in [0.1, 0.15) is 0 Å². The molecule has 9 heteroatoms. The predicted octanol–water partition coefficient (Wildman–Crippen LogP) is 0.503. The van der Waals surface area contributed by atoms with Gasteiger partial charge in [-0.2, -0.15) is 10.2 Å². The van der Waals surface area contributed by atoms with Gasteiger partial charge in [-0.05, 0) is 19.4 Å². The minimum absolute atomic E-state index is 0.109. The second kappa shape index (κ2) is 7.04. The third-order valence-electron chi connectivity index (χ3n) is 4.30. The molecular formula is C15H24N6O2S. The van der Waals surface area contributed by atoms with Crippen LogP contribution < -0.4 is 4.72 Å². The highest BCUT2D eigenvalue weighted by molar-refractivity contribution is 7.89. The van der Waals surface area contributed by atoms with E-state index in [1.807, 2.05) is 36.4 Å². The maximum Gasteiger partial charge on any atom is 0.211 e. The molecule has 0 fully saturated rings. The van der Waals surface area contributed by atoms with Crippen molar-refractivity contribution in [3.8, 4) is 0 Å². The van der Waals surface area contributed by atoms with Crippen molar-refractivity contribution in [1.29, 1.82) is 0 Å². The fourth-order valence-corrected chi connectivity index (χ4v) is 3.73. The normalized spacial score (nSPS) is 18.7. The summed E-state index contributed by atoms with van der Waals surface area (Å²) in [4.78, 5) is 2.35. The second-order valence-corrected chi connectivity index (χ2v) is 8.29. The fraction of sp³-hybridized carbons (Fsp3) is 0.600. The van der Waals surface area contributed by atoms with E-state index in [0.717, 1.165) is 31.7 Å². The summed E-state index contributed by atoms with van der Waals surface area (Å²) in [5.41, 5.74) is 2.34. The van der Waals surface area contributed by atoms with Crippen LogP contribution >= 0.6 is 0 Å². The van der Waals surface area contributed by atoms with E-state index in [1.165, 1.54) is 5.56 Å². The van der Waals surface area contributed by atoms with Gasteiger partial charge in [0.15, 0.2) is 0 Å². The molecule has 1 aliphatic heterocycles. The van der Waals surface area contributed by atoms with Gasteiger partial charge in [-0.1, -0.05) is 0 Å². The summed E-state index contributed by atoms with van der Waals surface area (Å²) in [7, 11) is -1.23. The topological polar surface area (TPSA) is 85.1 Å². The minimum atomic E-state index is -3.15. The number of sulfonamides is 1. The minimum Gasteiger partial charge on any atom is -0.291 e. The van der Waals surface area contributed by atoms with Gasteiger partial charge in [0, 0.05) is 51.2 Å². The van der Waals surface area contributed by atoms with Gasteiger partial charge in [0.05, 0.1) is 23.7 Å². The Labute approximate surface area is 142 Å². The zero-order valence-corrected chi connectivity index (χ0v) is 14.9. The lowest BCUT2D eigenvalue weighted by atomic mass is 10.1. The molecule has 1 atom stereocenters. The average Bonchev–Trinajstić information content (AvgIpc) is 3.16. The van der Waals surface area contributed by atoms with E-state index in [0.29, 0.717) is 6.54 Å². The van der Waals surface area contributed by atoms with Crippen LogP contribution in [-0.2, 0) is 30.2 Å². The number of nitrogens with one attached hydrogen (secondary N) is 1. The number of nitrogens with zero attached hydrogens (tertiary/aromatic N) is 5. The highest BCUT2D eigenvalue weighted by Gasteiger charge is 2.25. The largest absolute Gasteiger partial charge is 0.291 e. The summed E-state index contributed by atoms with van der Waals surface area (Å²) in [6, 6.07) is 2.19. The first-order valence-corrected chi connectivity index (χ1v) is 9.81. The maximum atomic E-state index is 11.6. The molecular weight excluding hydrogens is 328 g/mol. The monoisotopic (exact) mass is 352 g/mol. The number of rotatable bonds is 7. The van der Waals surface area contributed by atoms with Crippen molar-refractivity contribution in [2.45, 2.75) is 32.5 Å². The number of aryl methyl sites for hydroxylation is 1. The summed E-state index contributed by atoms with van der Waals surface area (Å²) in [5, 5.41) is 8.63. The Morgan fingerprint density at radius 1 is 1.38 bits per heavy atom. The first-order chi connectivity index (χ1) is 11.5. The molecule has 3 heterocycles. The van der Waals surface area contributed by atoms with Crippen LogP contribution in [0.4, 0.5) is 0 Å². The van der Waals surface area contributed by atoms with Crippen LogP contribution in [0.25, 0.3) is 0 Å². The molecule has 0 aromatic carbocycles. The van der Waals surface area contributed by atoms with E-state index < -0.39 is 10.0 Å². The molecule has 3 rings (SSSR count). The molecule has 24 heavy (non-hydrogen) atoms. The molecule has 8 nitrogen and oxygen atoms in total. The van der Waals surface area contributed by atoms with Gasteiger partial charge in [-0.25, -0.2) is 13.1 Å². The zero-order valence-electron chi connectivity index (χ0n) is 14.1. The van der Waals surface area contributed by atoms with Crippen molar-refractivity contribution in [2.75, 3.05) is 18.8 Å². The number of aromatic nitrogens is 4. The molecule has 0 unspecified atom stereocenters. The molecule has 1 aliphatic rings. The lowest BCUT2D eigenvalue weighted by Gasteiger charge is -2.33. The molecule has 1 N–H and O–H groups in total. The Morgan fingerprint density at radius 2 is 2.21 bits per heavy atom. The van der Waals surface area contributed by atoms with Gasteiger partial charge in [-0.15, -0.1) is 0 Å². The summed E-state index contributed by atoms with van der Waals surface area (Å²) >= 11 is 0. The maximum absolute atomic E-state index is 11.6. The lowest BCUT2D eigenvalue weighted by molar-refractivity contribution is 0.162. The molecule has 0 amide bonds. The molecule has 132 valence electrons. The van der Waals surface area contributed by atoms with E-state index in [2.05, 4.69) is 19.8 Å². The van der Waals surface area contributed by atoms with E-state index in [1.54, 1.807) is 11.6 Å². The van der Waals surface area contributed by atoms with E-state index in [-0.39, 0.29) is 11.8 Å². The SMILES string of the molecule is CCS(=O)(=O)NCC[C@@H]1CN(Cc2cnn(C)c2)Cc2ccnn21. The van der Waals surface area contributed by atoms with Crippen LogP contribution in [-0.4, -0.2) is 51.7 Å². The first-order valence-electron chi connectivity index (χ1n) is 8.16. The molecule has 0 aliphatic carbocycles. The van der Waals surface area contributed by atoms with E-state index in [9.17, 15) is 8.42 Å². The zero-order chi connectivity index (χ0) is 17.2. The summed E-state index contributed by atoms with van der Waals surface area (Å²) in [5.74, 6) is 0.109. The van der Waals surface area contributed by atoms with Crippen molar-refractivity contribution in [2.24, 2.45) is 7.05 Å². The predicted molar refractivity (Wildman–Crippen MR) is 90.7 cm³/mol. The van der Waals surface area contributed by atoms with Gasteiger partial charge < -0.3 is 0 Å². The third kappa shape index (κ3) is 4.03. The average molecular weight is 352 g/mol. The van der Waals surface area contributed by atoms with Gasteiger partial charge in [-0.3, -0.25) is 14.3 Å². The van der Waals surface area contributed by atoms with Crippen LogP contribution in [0.3, 0.4) is 0 Å². The van der Waals surface area contributed by atoms with Crippen LogP contribution in [0, 0.1) is 0 Å². The Balaban J connectivity index is 1.65. The van der Waals surface area contributed by atoms with Crippen molar-refractivity contribution in [1.82, 2.24) is 29.2 Å². The van der Waals surface area contributed by atoms with Crippen molar-refractivity contribution >= 4 is 10.0 Å². The third-order valence-corrected chi connectivity index (χ3v) is 5.70. The Hall–Kier alpha value is -1.71. The fourth-order valence-electron chi connectivity index (χ4n) is 3.09. The molecule has 0 radical (unpaired) electrons. The van der Waals surface area contributed by atoms with E-state index >= 15 is 0 Å². The first kappa shape index (κ1) is 17.1. The summed E-state index contributed by atoms with van der Waals surface area (Å²) in [6.45, 7) is 4.59. The standard InChI is InChI=1S/C15H24N6O2S/c1-3-24(22,23)18-7-5-15-12-20(10-13-8-17-19(2)9-13)11-14-4-6-16-21(14)15/h4,6,8-9,15,18H,3,5,7,10-12H2,1-2H3/t15-/m1/s1. The molecule has 0 saturated carbocycles. The van der Waals surface area contributed by atoms with Gasteiger partial charge >= 0.3 is 0 Å². The summed E-state index contributed by atoms with van der Waals surface area (Å²) in [6.07, 6.45) is 6.44. The van der Waals surface area contributed by atoms with E-state index in [4.69, 9.17) is 0 Å². The molecule has 0 bridgehead atoms. The number of hydrogen-bond donors (Lipinski definition) is 1. The Bertz CT molecular complexity index is 781. The molecule has 2 aromatic heterocycles. The molecule has 0 saturated heterocycles. The highest BCUT2D eigenvalue weighted by atomic mass is 32.2. The van der Waals surface area contributed by atoms with Crippen molar-refractivity contribution in [3.63, 3.8) is 0 Å². The van der Waals surface area contributed by atoms with Crippen molar-refractivity contribution < 1.29 is 8.42 Å². The molecule has 0 spiro atoms. The Morgan fingerprint density at radius 3 is 2.92 bits per heavy atom. The smallest absolute Gasteiger partial charge is 0.211 e. The van der Waals surface area contributed by atoms with Crippen LogP contribution in [0.15, 0.2) is 24.7 Å². The summed E-state index contributed by atoms with van der Waals surface area (Å²) < 4.78 is 29.7.